The predicted octanol–water partition coefficient (Wildman–Crippen LogP) is 4.53. The van der Waals surface area contributed by atoms with E-state index in [1.165, 1.54) is 14.7 Å². The van der Waals surface area contributed by atoms with Crippen LogP contribution in [0.1, 0.15) is 43.1 Å². The van der Waals surface area contributed by atoms with Crippen molar-refractivity contribution in [2.24, 2.45) is 0 Å². The van der Waals surface area contributed by atoms with Crippen LogP contribution < -0.4 is 5.32 Å². The molecule has 0 saturated heterocycles. The summed E-state index contributed by atoms with van der Waals surface area (Å²) in [4.78, 5) is 4.61. The highest BCUT2D eigenvalue weighted by atomic mass is 127. The van der Waals surface area contributed by atoms with Gasteiger partial charge >= 0.3 is 0 Å². The highest BCUT2D eigenvalue weighted by molar-refractivity contribution is 14.1. The molecule has 1 atom stereocenters. The predicted molar refractivity (Wildman–Crippen MR) is 97.5 cm³/mol. The van der Waals surface area contributed by atoms with Gasteiger partial charge in [-0.2, -0.15) is 0 Å². The van der Waals surface area contributed by atoms with E-state index in [9.17, 15) is 0 Å². The second-order valence-corrected chi connectivity index (χ2v) is 6.41. The minimum Gasteiger partial charge on any atom is -0.310 e. The van der Waals surface area contributed by atoms with Crippen LogP contribution in [0.3, 0.4) is 0 Å². The van der Waals surface area contributed by atoms with Crippen molar-refractivity contribution in [3.63, 3.8) is 0 Å². The van der Waals surface area contributed by atoms with Gasteiger partial charge in [0, 0.05) is 27.9 Å². The monoisotopic (exact) mass is 394 g/mol. The van der Waals surface area contributed by atoms with E-state index in [4.69, 9.17) is 0 Å². The molecule has 3 heteroatoms. The maximum atomic E-state index is 4.61. The number of hydrogen-bond donors (Lipinski definition) is 1. The van der Waals surface area contributed by atoms with Crippen LogP contribution in [0.15, 0.2) is 42.6 Å². The van der Waals surface area contributed by atoms with Crippen LogP contribution in [0, 0.1) is 3.57 Å². The molecule has 0 aliphatic heterocycles. The fraction of sp³-hybridized carbons (Fsp3) is 0.389. The summed E-state index contributed by atoms with van der Waals surface area (Å²) in [6, 6.07) is 13.3. The van der Waals surface area contributed by atoms with Gasteiger partial charge in [-0.15, -0.1) is 0 Å². The third-order valence-corrected chi connectivity index (χ3v) is 4.61. The summed E-state index contributed by atoms with van der Waals surface area (Å²) in [5.74, 6) is 0. The summed E-state index contributed by atoms with van der Waals surface area (Å²) in [5, 5.41) is 3.66. The Balaban J connectivity index is 2.17. The van der Waals surface area contributed by atoms with Gasteiger partial charge in [0.25, 0.3) is 0 Å². The van der Waals surface area contributed by atoms with E-state index in [0.717, 1.165) is 31.5 Å². The maximum absolute atomic E-state index is 4.61. The van der Waals surface area contributed by atoms with Gasteiger partial charge in [0.15, 0.2) is 0 Å². The minimum atomic E-state index is 0.332. The van der Waals surface area contributed by atoms with Gasteiger partial charge in [0.2, 0.25) is 0 Å². The Morgan fingerprint density at radius 3 is 2.57 bits per heavy atom. The molecule has 112 valence electrons. The van der Waals surface area contributed by atoms with Crippen molar-refractivity contribution < 1.29 is 0 Å². The Morgan fingerprint density at radius 2 is 1.95 bits per heavy atom. The van der Waals surface area contributed by atoms with Crippen molar-refractivity contribution >= 4 is 22.6 Å². The van der Waals surface area contributed by atoms with Gasteiger partial charge < -0.3 is 5.32 Å². The van der Waals surface area contributed by atoms with Crippen molar-refractivity contribution in [2.45, 2.75) is 39.2 Å². The number of benzene rings is 1. The van der Waals surface area contributed by atoms with Gasteiger partial charge in [0.05, 0.1) is 0 Å². The first kappa shape index (κ1) is 16.4. The van der Waals surface area contributed by atoms with Crippen LogP contribution in [-0.2, 0) is 12.8 Å². The van der Waals surface area contributed by atoms with E-state index in [-0.39, 0.29) is 0 Å². The molecule has 1 N–H and O–H groups in total. The lowest BCUT2D eigenvalue weighted by atomic mass is 10.0. The summed E-state index contributed by atoms with van der Waals surface area (Å²) in [6.45, 7) is 5.39. The highest BCUT2D eigenvalue weighted by Gasteiger charge is 2.14. The Labute approximate surface area is 141 Å². The zero-order chi connectivity index (χ0) is 15.1. The van der Waals surface area contributed by atoms with E-state index >= 15 is 0 Å². The first-order valence-corrected chi connectivity index (χ1v) is 8.74. The molecule has 0 aliphatic carbocycles. The van der Waals surface area contributed by atoms with Crippen LogP contribution in [-0.4, -0.2) is 11.5 Å². The summed E-state index contributed by atoms with van der Waals surface area (Å²) in [5.41, 5.74) is 3.82. The molecular formula is C18H23IN2. The van der Waals surface area contributed by atoms with Crippen LogP contribution in [0.5, 0.6) is 0 Å². The van der Waals surface area contributed by atoms with Gasteiger partial charge in [0.1, 0.15) is 0 Å². The van der Waals surface area contributed by atoms with Crippen molar-refractivity contribution in [2.75, 3.05) is 6.54 Å². The van der Waals surface area contributed by atoms with E-state index in [1.807, 2.05) is 6.20 Å². The number of aromatic nitrogens is 1. The summed E-state index contributed by atoms with van der Waals surface area (Å²) in [6.07, 6.45) is 5.12. The van der Waals surface area contributed by atoms with Crippen molar-refractivity contribution in [3.05, 3.63) is 63.0 Å². The average Bonchev–Trinajstić information content (AvgIpc) is 2.53. The smallest absolute Gasteiger partial charge is 0.0422 e. The first-order chi connectivity index (χ1) is 10.2. The molecule has 1 heterocycles. The van der Waals surface area contributed by atoms with Gasteiger partial charge in [-0.05, 0) is 65.2 Å². The minimum absolute atomic E-state index is 0.332. The summed E-state index contributed by atoms with van der Waals surface area (Å²) < 4.78 is 1.31. The van der Waals surface area contributed by atoms with E-state index in [1.54, 1.807) is 0 Å². The highest BCUT2D eigenvalue weighted by Crippen LogP contribution is 2.23. The second kappa shape index (κ2) is 8.49. The van der Waals surface area contributed by atoms with Crippen molar-refractivity contribution in [3.8, 4) is 0 Å². The fourth-order valence-corrected chi connectivity index (χ4v) is 3.13. The molecule has 1 aromatic heterocycles. The van der Waals surface area contributed by atoms with Gasteiger partial charge in [-0.3, -0.25) is 4.98 Å². The maximum Gasteiger partial charge on any atom is 0.0422 e. The quantitative estimate of drug-likeness (QED) is 0.698. The molecule has 0 amide bonds. The second-order valence-electron chi connectivity index (χ2n) is 5.24. The van der Waals surface area contributed by atoms with E-state index in [2.05, 4.69) is 83.1 Å². The number of halogens is 1. The van der Waals surface area contributed by atoms with Crippen LogP contribution in [0.2, 0.25) is 0 Å². The largest absolute Gasteiger partial charge is 0.310 e. The standard InChI is InChI=1S/C18H23IN2/c1-3-11-20-18(16-7-5-6-8-17(16)19)12-15-10-9-14(4-2)13-21-15/h5-10,13,18,20H,3-4,11-12H2,1-2H3. The number of nitrogens with zero attached hydrogens (tertiary/aromatic N) is 1. The van der Waals surface area contributed by atoms with E-state index < -0.39 is 0 Å². The lowest BCUT2D eigenvalue weighted by molar-refractivity contribution is 0.522. The SMILES string of the molecule is CCCNC(Cc1ccc(CC)cn1)c1ccccc1I. The molecule has 2 nitrogen and oxygen atoms in total. The zero-order valence-corrected chi connectivity index (χ0v) is 14.9. The van der Waals surface area contributed by atoms with Crippen LogP contribution >= 0.6 is 22.6 Å². The molecular weight excluding hydrogens is 371 g/mol. The lowest BCUT2D eigenvalue weighted by Crippen LogP contribution is -2.25. The zero-order valence-electron chi connectivity index (χ0n) is 12.8. The molecule has 0 aliphatic rings. The number of nitrogens with one attached hydrogen (secondary N) is 1. The molecule has 1 unspecified atom stereocenters. The number of hydrogen-bond acceptors (Lipinski definition) is 2. The summed E-state index contributed by atoms with van der Waals surface area (Å²) in [7, 11) is 0. The Morgan fingerprint density at radius 1 is 1.14 bits per heavy atom. The van der Waals surface area contributed by atoms with Crippen molar-refractivity contribution in [1.82, 2.24) is 10.3 Å². The normalized spacial score (nSPS) is 12.3. The fourth-order valence-electron chi connectivity index (χ4n) is 2.36. The number of rotatable bonds is 7. The molecule has 0 saturated carbocycles. The topological polar surface area (TPSA) is 24.9 Å². The number of aryl methyl sites for hydroxylation is 1. The Hall–Kier alpha value is -0.940. The third kappa shape index (κ3) is 4.78. The Bertz CT molecular complexity index is 551. The molecule has 2 rings (SSSR count). The molecule has 21 heavy (non-hydrogen) atoms. The van der Waals surface area contributed by atoms with Crippen LogP contribution in [0.4, 0.5) is 0 Å². The first-order valence-electron chi connectivity index (χ1n) is 7.66. The van der Waals surface area contributed by atoms with Gasteiger partial charge in [-0.25, -0.2) is 0 Å². The average molecular weight is 394 g/mol. The molecule has 2 aromatic rings. The molecule has 0 radical (unpaired) electrons. The molecule has 1 aromatic carbocycles. The lowest BCUT2D eigenvalue weighted by Gasteiger charge is -2.20. The molecule has 0 spiro atoms. The van der Waals surface area contributed by atoms with E-state index in [0.29, 0.717) is 6.04 Å². The third-order valence-electron chi connectivity index (χ3n) is 3.63. The van der Waals surface area contributed by atoms with Gasteiger partial charge in [-0.1, -0.05) is 38.1 Å². The molecule has 0 fully saturated rings. The molecule has 0 bridgehead atoms. The van der Waals surface area contributed by atoms with Crippen molar-refractivity contribution in [1.29, 1.82) is 0 Å². The number of pyridine rings is 1. The summed E-state index contributed by atoms with van der Waals surface area (Å²) >= 11 is 2.42. The Kier molecular flexibility index (Phi) is 6.64. The van der Waals surface area contributed by atoms with Crippen LogP contribution in [0.25, 0.3) is 0 Å².